The lowest BCUT2D eigenvalue weighted by molar-refractivity contribution is 1.30. The highest BCUT2D eigenvalue weighted by Gasteiger charge is 2.23. The second-order valence-electron chi connectivity index (χ2n) is 13.6. The molecule has 0 radical (unpaired) electrons. The lowest BCUT2D eigenvalue weighted by Gasteiger charge is -2.29. The Bertz CT molecular complexity index is 2950. The smallest absolute Gasteiger partial charge is 0.0555 e. The van der Waals surface area contributed by atoms with Gasteiger partial charge >= 0.3 is 0 Å². The lowest BCUT2D eigenvalue weighted by Crippen LogP contribution is -2.12. The Morgan fingerprint density at radius 1 is 0.315 bits per heavy atom. The number of anilines is 3. The van der Waals surface area contributed by atoms with Crippen molar-refractivity contribution >= 4 is 59.3 Å². The summed E-state index contributed by atoms with van der Waals surface area (Å²) < 4.78 is 2.57. The fourth-order valence-electron chi connectivity index (χ4n) is 8.08. The van der Waals surface area contributed by atoms with Crippen LogP contribution in [0.5, 0.6) is 0 Å². The molecule has 0 unspecified atom stereocenters. The third kappa shape index (κ3) is 5.56. The highest BCUT2D eigenvalue weighted by atomic mass is 32.1. The summed E-state index contributed by atoms with van der Waals surface area (Å²) in [5.41, 5.74) is 13.0. The summed E-state index contributed by atoms with van der Waals surface area (Å²) in [5.74, 6) is 0. The molecule has 0 atom stereocenters. The Balaban J connectivity index is 1.23. The molecule has 0 fully saturated rings. The summed E-state index contributed by atoms with van der Waals surface area (Å²) in [6, 6.07) is 77.2. The molecular formula is C52H35NS. The van der Waals surface area contributed by atoms with E-state index < -0.39 is 0 Å². The minimum absolute atomic E-state index is 1.11. The predicted molar refractivity (Wildman–Crippen MR) is 233 cm³/mol. The zero-order chi connectivity index (χ0) is 35.8. The van der Waals surface area contributed by atoms with Crippen LogP contribution in [0.1, 0.15) is 0 Å². The fraction of sp³-hybridized carbons (Fsp3) is 0. The van der Waals surface area contributed by atoms with Gasteiger partial charge in [0, 0.05) is 31.4 Å². The molecule has 0 saturated carbocycles. The summed E-state index contributed by atoms with van der Waals surface area (Å²) in [5, 5.41) is 5.04. The normalized spacial score (nSPS) is 11.3. The average molecular weight is 706 g/mol. The van der Waals surface area contributed by atoms with Gasteiger partial charge in [0.2, 0.25) is 0 Å². The van der Waals surface area contributed by atoms with Crippen molar-refractivity contribution in [3.05, 3.63) is 212 Å². The van der Waals surface area contributed by atoms with Crippen LogP contribution in [-0.2, 0) is 0 Å². The number of nitrogens with zero attached hydrogens (tertiary/aromatic N) is 1. The van der Waals surface area contributed by atoms with E-state index in [1.54, 1.807) is 0 Å². The number of para-hydroxylation sites is 1. The van der Waals surface area contributed by atoms with Crippen molar-refractivity contribution in [2.24, 2.45) is 0 Å². The molecule has 0 aliphatic heterocycles. The maximum atomic E-state index is 2.49. The Morgan fingerprint density at radius 3 is 1.67 bits per heavy atom. The molecule has 1 nitrogen and oxygen atoms in total. The molecule has 0 amide bonds. The van der Waals surface area contributed by atoms with Gasteiger partial charge in [-0.15, -0.1) is 11.3 Å². The van der Waals surface area contributed by atoms with E-state index in [9.17, 15) is 0 Å². The molecule has 10 aromatic rings. The quantitative estimate of drug-likeness (QED) is 0.160. The maximum absolute atomic E-state index is 2.49. The average Bonchev–Trinajstić information content (AvgIpc) is 3.64. The van der Waals surface area contributed by atoms with Gasteiger partial charge in [-0.2, -0.15) is 0 Å². The molecule has 0 aliphatic carbocycles. The molecule has 0 bridgehead atoms. The number of benzene rings is 9. The molecule has 1 heterocycles. The number of rotatable bonds is 7. The maximum Gasteiger partial charge on any atom is 0.0555 e. The van der Waals surface area contributed by atoms with Crippen molar-refractivity contribution in [1.29, 1.82) is 0 Å². The van der Waals surface area contributed by atoms with E-state index in [1.807, 2.05) is 11.3 Å². The summed E-state index contributed by atoms with van der Waals surface area (Å²) in [6.45, 7) is 0. The second-order valence-corrected chi connectivity index (χ2v) is 14.7. The molecule has 54 heavy (non-hydrogen) atoms. The largest absolute Gasteiger partial charge is 0.309 e. The van der Waals surface area contributed by atoms with E-state index in [1.165, 1.54) is 75.5 Å². The molecule has 9 aromatic carbocycles. The number of thiophene rings is 1. The van der Waals surface area contributed by atoms with Crippen molar-refractivity contribution in [3.63, 3.8) is 0 Å². The Kier molecular flexibility index (Phi) is 8.09. The van der Waals surface area contributed by atoms with Gasteiger partial charge in [0.1, 0.15) is 0 Å². The summed E-state index contributed by atoms with van der Waals surface area (Å²) in [4.78, 5) is 2.49. The molecule has 254 valence electrons. The van der Waals surface area contributed by atoms with E-state index in [0.717, 1.165) is 17.1 Å². The SMILES string of the molecule is c1ccc(-c2ccccc2-c2ccccc2-c2ccccc2N(c2cccc(-c3cccc4ccccc34)c2)c2cccc3sc4ccccc4c23)cc1. The molecule has 1 aromatic heterocycles. The van der Waals surface area contributed by atoms with Crippen LogP contribution < -0.4 is 4.90 Å². The van der Waals surface area contributed by atoms with Crippen molar-refractivity contribution in [3.8, 4) is 44.5 Å². The molecule has 0 spiro atoms. The Labute approximate surface area is 319 Å². The molecule has 2 heteroatoms. The molecule has 0 N–H and O–H groups in total. The minimum Gasteiger partial charge on any atom is -0.309 e. The van der Waals surface area contributed by atoms with E-state index in [0.29, 0.717) is 0 Å². The van der Waals surface area contributed by atoms with Crippen molar-refractivity contribution in [2.45, 2.75) is 0 Å². The van der Waals surface area contributed by atoms with Crippen LogP contribution >= 0.6 is 11.3 Å². The Morgan fingerprint density at radius 2 is 0.833 bits per heavy atom. The van der Waals surface area contributed by atoms with Crippen molar-refractivity contribution < 1.29 is 0 Å². The molecular weight excluding hydrogens is 671 g/mol. The van der Waals surface area contributed by atoms with Gasteiger partial charge in [-0.05, 0) is 86.1 Å². The highest BCUT2D eigenvalue weighted by Crippen LogP contribution is 2.49. The number of fused-ring (bicyclic) bond motifs is 4. The molecule has 10 rings (SSSR count). The zero-order valence-electron chi connectivity index (χ0n) is 29.6. The van der Waals surface area contributed by atoms with Crippen LogP contribution in [0.25, 0.3) is 75.5 Å². The van der Waals surface area contributed by atoms with Crippen molar-refractivity contribution in [2.75, 3.05) is 4.90 Å². The van der Waals surface area contributed by atoms with Crippen LogP contribution in [0.3, 0.4) is 0 Å². The first-order valence-corrected chi connectivity index (χ1v) is 19.3. The van der Waals surface area contributed by atoms with Gasteiger partial charge in [-0.1, -0.05) is 176 Å². The highest BCUT2D eigenvalue weighted by molar-refractivity contribution is 7.26. The monoisotopic (exact) mass is 705 g/mol. The fourth-order valence-corrected chi connectivity index (χ4v) is 9.20. The van der Waals surface area contributed by atoms with Crippen LogP contribution in [0.4, 0.5) is 17.1 Å². The molecule has 0 saturated heterocycles. The van der Waals surface area contributed by atoms with Crippen molar-refractivity contribution in [1.82, 2.24) is 0 Å². The third-order valence-corrected chi connectivity index (χ3v) is 11.6. The van der Waals surface area contributed by atoms with Gasteiger partial charge in [0.05, 0.1) is 11.4 Å². The first-order valence-electron chi connectivity index (χ1n) is 18.4. The lowest BCUT2D eigenvalue weighted by atomic mass is 9.88. The Hall–Kier alpha value is -6.74. The predicted octanol–water partition coefficient (Wildman–Crippen LogP) is 15.3. The second kappa shape index (κ2) is 13.7. The summed E-state index contributed by atoms with van der Waals surface area (Å²) in [7, 11) is 0. The van der Waals surface area contributed by atoms with Crippen LogP contribution in [0.2, 0.25) is 0 Å². The van der Waals surface area contributed by atoms with Gasteiger partial charge in [-0.3, -0.25) is 0 Å². The van der Waals surface area contributed by atoms with Crippen LogP contribution in [-0.4, -0.2) is 0 Å². The van der Waals surface area contributed by atoms with Gasteiger partial charge in [0.25, 0.3) is 0 Å². The van der Waals surface area contributed by atoms with E-state index >= 15 is 0 Å². The first-order chi connectivity index (χ1) is 26.8. The zero-order valence-corrected chi connectivity index (χ0v) is 30.4. The standard InChI is InChI=1S/C52H35NS/c1-2-17-36(18-3-1)41-24-6-7-25-43(41)44-26-8-9-27-45(44)46-28-10-12-31-48(46)53(49-32-16-34-51-52(49)47-29-11-13-33-50(47)54-51)39-22-14-21-38(35-39)42-30-15-20-37-19-4-5-23-40(37)42/h1-35H. The van der Waals surface area contributed by atoms with E-state index in [2.05, 4.69) is 217 Å². The van der Waals surface area contributed by atoms with Crippen LogP contribution in [0, 0.1) is 0 Å². The van der Waals surface area contributed by atoms with Gasteiger partial charge in [0.15, 0.2) is 0 Å². The first kappa shape index (κ1) is 32.0. The van der Waals surface area contributed by atoms with E-state index in [-0.39, 0.29) is 0 Å². The third-order valence-electron chi connectivity index (χ3n) is 10.5. The summed E-state index contributed by atoms with van der Waals surface area (Å²) in [6.07, 6.45) is 0. The van der Waals surface area contributed by atoms with Gasteiger partial charge in [-0.25, -0.2) is 0 Å². The number of hydrogen-bond acceptors (Lipinski definition) is 2. The van der Waals surface area contributed by atoms with E-state index in [4.69, 9.17) is 0 Å². The molecule has 0 aliphatic rings. The summed E-state index contributed by atoms with van der Waals surface area (Å²) >= 11 is 1.86. The van der Waals surface area contributed by atoms with Gasteiger partial charge < -0.3 is 4.90 Å². The van der Waals surface area contributed by atoms with Crippen LogP contribution in [0.15, 0.2) is 212 Å². The topological polar surface area (TPSA) is 3.24 Å². The number of hydrogen-bond donors (Lipinski definition) is 0. The minimum atomic E-state index is 1.11.